The van der Waals surface area contributed by atoms with Crippen LogP contribution in [-0.4, -0.2) is 19.0 Å². The number of rotatable bonds is 6. The summed E-state index contributed by atoms with van der Waals surface area (Å²) in [4.78, 5) is 11.1. The van der Waals surface area contributed by atoms with E-state index in [1.165, 1.54) is 0 Å². The second-order valence-corrected chi connectivity index (χ2v) is 5.01. The topological polar surface area (TPSA) is 81.1 Å². The zero-order valence-corrected chi connectivity index (χ0v) is 11.4. The van der Waals surface area contributed by atoms with E-state index in [4.69, 9.17) is 11.5 Å². The molecule has 1 unspecified atom stereocenters. The maximum atomic E-state index is 11.1. The van der Waals surface area contributed by atoms with Crippen LogP contribution >= 0.6 is 0 Å². The SMILES string of the molecule is Cc1cc(C(N)=O)ccc1NCC(CN)C(C)C. The lowest BCUT2D eigenvalue weighted by Crippen LogP contribution is -2.27. The van der Waals surface area contributed by atoms with Crippen LogP contribution in [-0.2, 0) is 0 Å². The summed E-state index contributed by atoms with van der Waals surface area (Å²) in [5.41, 5.74) is 13.6. The fraction of sp³-hybridized carbons (Fsp3) is 0.500. The van der Waals surface area contributed by atoms with Crippen LogP contribution < -0.4 is 16.8 Å². The molecule has 0 aliphatic carbocycles. The fourth-order valence-corrected chi connectivity index (χ4v) is 1.85. The Morgan fingerprint density at radius 1 is 1.39 bits per heavy atom. The highest BCUT2D eigenvalue weighted by Crippen LogP contribution is 2.18. The van der Waals surface area contributed by atoms with Crippen LogP contribution in [0.15, 0.2) is 18.2 Å². The van der Waals surface area contributed by atoms with E-state index in [0.29, 0.717) is 23.9 Å². The predicted octanol–water partition coefficient (Wildman–Crippen LogP) is 1.74. The van der Waals surface area contributed by atoms with Crippen LogP contribution in [0, 0.1) is 18.8 Å². The summed E-state index contributed by atoms with van der Waals surface area (Å²) in [5, 5.41) is 3.38. The normalized spacial score (nSPS) is 12.5. The number of hydrogen-bond donors (Lipinski definition) is 3. The molecule has 0 fully saturated rings. The van der Waals surface area contributed by atoms with Crippen LogP contribution in [0.1, 0.15) is 29.8 Å². The molecule has 0 aliphatic heterocycles. The van der Waals surface area contributed by atoms with Crippen molar-refractivity contribution in [2.24, 2.45) is 23.3 Å². The van der Waals surface area contributed by atoms with Crippen molar-refractivity contribution in [2.45, 2.75) is 20.8 Å². The van der Waals surface area contributed by atoms with Gasteiger partial charge in [0.25, 0.3) is 0 Å². The van der Waals surface area contributed by atoms with Crippen molar-refractivity contribution in [1.29, 1.82) is 0 Å². The van der Waals surface area contributed by atoms with Gasteiger partial charge in [0, 0.05) is 17.8 Å². The molecule has 1 aromatic rings. The molecule has 0 aliphatic rings. The number of nitrogens with two attached hydrogens (primary N) is 2. The molecule has 1 amide bonds. The maximum absolute atomic E-state index is 11.1. The maximum Gasteiger partial charge on any atom is 0.248 e. The number of hydrogen-bond acceptors (Lipinski definition) is 3. The Balaban J connectivity index is 2.71. The summed E-state index contributed by atoms with van der Waals surface area (Å²) in [6.45, 7) is 7.81. The van der Waals surface area contributed by atoms with Crippen LogP contribution in [0.5, 0.6) is 0 Å². The lowest BCUT2D eigenvalue weighted by molar-refractivity contribution is 0.1000. The Morgan fingerprint density at radius 2 is 2.06 bits per heavy atom. The number of carbonyl (C=O) groups excluding carboxylic acids is 1. The van der Waals surface area contributed by atoms with E-state index < -0.39 is 5.91 Å². The summed E-state index contributed by atoms with van der Waals surface area (Å²) < 4.78 is 0. The van der Waals surface area contributed by atoms with Crippen molar-refractivity contribution in [3.8, 4) is 0 Å². The lowest BCUT2D eigenvalue weighted by atomic mass is 9.96. The first-order valence-corrected chi connectivity index (χ1v) is 6.30. The average molecular weight is 249 g/mol. The van der Waals surface area contributed by atoms with Gasteiger partial charge < -0.3 is 16.8 Å². The Kier molecular flexibility index (Phi) is 5.16. The molecule has 0 saturated carbocycles. The third kappa shape index (κ3) is 3.74. The Morgan fingerprint density at radius 3 is 2.50 bits per heavy atom. The first-order chi connectivity index (χ1) is 8.45. The van der Waals surface area contributed by atoms with Gasteiger partial charge in [0.15, 0.2) is 0 Å². The molecule has 0 spiro atoms. The zero-order valence-electron chi connectivity index (χ0n) is 11.4. The van der Waals surface area contributed by atoms with Crippen molar-refractivity contribution < 1.29 is 4.79 Å². The molecule has 0 bridgehead atoms. The molecule has 1 atom stereocenters. The summed E-state index contributed by atoms with van der Waals surface area (Å²) in [5.74, 6) is 0.597. The average Bonchev–Trinajstić information content (AvgIpc) is 2.30. The van der Waals surface area contributed by atoms with Gasteiger partial charge in [-0.2, -0.15) is 0 Å². The molecular weight excluding hydrogens is 226 g/mol. The van der Waals surface area contributed by atoms with Crippen molar-refractivity contribution in [2.75, 3.05) is 18.4 Å². The molecule has 0 heterocycles. The van der Waals surface area contributed by atoms with Gasteiger partial charge in [-0.25, -0.2) is 0 Å². The molecular formula is C14H23N3O. The van der Waals surface area contributed by atoms with Crippen molar-refractivity contribution in [1.82, 2.24) is 0 Å². The van der Waals surface area contributed by atoms with E-state index in [0.717, 1.165) is 17.8 Å². The number of carbonyl (C=O) groups is 1. The Hall–Kier alpha value is -1.55. The zero-order chi connectivity index (χ0) is 13.7. The monoisotopic (exact) mass is 249 g/mol. The highest BCUT2D eigenvalue weighted by atomic mass is 16.1. The second-order valence-electron chi connectivity index (χ2n) is 5.01. The Bertz CT molecular complexity index is 416. The number of nitrogens with one attached hydrogen (secondary N) is 1. The highest BCUT2D eigenvalue weighted by molar-refractivity contribution is 5.93. The lowest BCUT2D eigenvalue weighted by Gasteiger charge is -2.20. The first-order valence-electron chi connectivity index (χ1n) is 6.30. The standard InChI is InChI=1S/C14H23N3O/c1-9(2)12(7-15)8-17-13-5-4-11(14(16)18)6-10(13)3/h4-6,9,12,17H,7-8,15H2,1-3H3,(H2,16,18). The fourth-order valence-electron chi connectivity index (χ4n) is 1.85. The quantitative estimate of drug-likeness (QED) is 0.718. The molecule has 0 radical (unpaired) electrons. The third-order valence-electron chi connectivity index (χ3n) is 3.31. The number of amides is 1. The van der Waals surface area contributed by atoms with Gasteiger partial charge in [0.1, 0.15) is 0 Å². The summed E-state index contributed by atoms with van der Waals surface area (Å²) in [7, 11) is 0. The summed E-state index contributed by atoms with van der Waals surface area (Å²) in [6.07, 6.45) is 0. The Labute approximate surface area is 109 Å². The van der Waals surface area contributed by atoms with E-state index >= 15 is 0 Å². The largest absolute Gasteiger partial charge is 0.384 e. The number of benzene rings is 1. The molecule has 18 heavy (non-hydrogen) atoms. The van der Waals surface area contributed by atoms with Crippen molar-refractivity contribution in [3.63, 3.8) is 0 Å². The number of anilines is 1. The van der Waals surface area contributed by atoms with Crippen molar-refractivity contribution in [3.05, 3.63) is 29.3 Å². The van der Waals surface area contributed by atoms with E-state index in [9.17, 15) is 4.79 Å². The summed E-state index contributed by atoms with van der Waals surface area (Å²) in [6, 6.07) is 5.44. The molecule has 100 valence electrons. The molecule has 1 rings (SSSR count). The minimum atomic E-state index is -0.397. The predicted molar refractivity (Wildman–Crippen MR) is 75.6 cm³/mol. The van der Waals surface area contributed by atoms with Gasteiger partial charge in [-0.3, -0.25) is 4.79 Å². The molecule has 5 N–H and O–H groups in total. The van der Waals surface area contributed by atoms with Crippen LogP contribution in [0.2, 0.25) is 0 Å². The summed E-state index contributed by atoms with van der Waals surface area (Å²) >= 11 is 0. The van der Waals surface area contributed by atoms with Crippen LogP contribution in [0.3, 0.4) is 0 Å². The minimum absolute atomic E-state index is 0.397. The van der Waals surface area contributed by atoms with Gasteiger partial charge in [-0.15, -0.1) is 0 Å². The highest BCUT2D eigenvalue weighted by Gasteiger charge is 2.11. The minimum Gasteiger partial charge on any atom is -0.384 e. The molecule has 1 aromatic carbocycles. The van der Waals surface area contributed by atoms with Crippen molar-refractivity contribution >= 4 is 11.6 Å². The number of aryl methyl sites for hydroxylation is 1. The molecule has 4 heteroatoms. The van der Waals surface area contributed by atoms with Gasteiger partial charge in [-0.1, -0.05) is 13.8 Å². The smallest absolute Gasteiger partial charge is 0.248 e. The van der Waals surface area contributed by atoms with E-state index in [-0.39, 0.29) is 0 Å². The van der Waals surface area contributed by atoms with E-state index in [1.807, 2.05) is 13.0 Å². The first kappa shape index (κ1) is 14.5. The second kappa shape index (κ2) is 6.40. The van der Waals surface area contributed by atoms with E-state index in [1.54, 1.807) is 12.1 Å². The van der Waals surface area contributed by atoms with Gasteiger partial charge in [-0.05, 0) is 49.1 Å². The number of primary amides is 1. The third-order valence-corrected chi connectivity index (χ3v) is 3.31. The van der Waals surface area contributed by atoms with Crippen LogP contribution in [0.4, 0.5) is 5.69 Å². The molecule has 4 nitrogen and oxygen atoms in total. The van der Waals surface area contributed by atoms with Crippen LogP contribution in [0.25, 0.3) is 0 Å². The van der Waals surface area contributed by atoms with Gasteiger partial charge >= 0.3 is 0 Å². The molecule has 0 saturated heterocycles. The van der Waals surface area contributed by atoms with Gasteiger partial charge in [0.05, 0.1) is 0 Å². The van der Waals surface area contributed by atoms with E-state index in [2.05, 4.69) is 19.2 Å². The molecule has 0 aromatic heterocycles. The van der Waals surface area contributed by atoms with Gasteiger partial charge in [0.2, 0.25) is 5.91 Å².